The molecule has 1 unspecified atom stereocenters. The van der Waals surface area contributed by atoms with Crippen LogP contribution in [0.4, 0.5) is 4.79 Å². The maximum absolute atomic E-state index is 11.3. The zero-order chi connectivity index (χ0) is 17.4. The highest BCUT2D eigenvalue weighted by Gasteiger charge is 2.30. The second-order valence-electron chi connectivity index (χ2n) is 4.68. The second kappa shape index (κ2) is 8.51. The third kappa shape index (κ3) is 6.59. The van der Waals surface area contributed by atoms with Crippen molar-refractivity contribution in [3.05, 3.63) is 12.2 Å². The standard InChI is InChI=1S/C13H16N2O8/c1-7(2)12(19)23-6-22-10(17)4-3-9(16)21-5-8-11(18)15-13(20)14-8/h3-4,7-8H,5-6H2,1-2H3,(H2,14,15,18,20). The summed E-state index contributed by atoms with van der Waals surface area (Å²) in [6, 6.07) is -1.65. The van der Waals surface area contributed by atoms with Gasteiger partial charge in [0.1, 0.15) is 12.6 Å². The molecule has 1 aliphatic heterocycles. The van der Waals surface area contributed by atoms with Crippen molar-refractivity contribution in [1.29, 1.82) is 0 Å². The summed E-state index contributed by atoms with van der Waals surface area (Å²) in [6.07, 6.45) is 1.56. The highest BCUT2D eigenvalue weighted by atomic mass is 16.7. The number of carbonyl (C=O) groups is 5. The van der Waals surface area contributed by atoms with Gasteiger partial charge in [0.05, 0.1) is 5.92 Å². The summed E-state index contributed by atoms with van der Waals surface area (Å²) in [5.74, 6) is -3.32. The van der Waals surface area contributed by atoms with Gasteiger partial charge >= 0.3 is 23.9 Å². The number of carbonyl (C=O) groups excluding carboxylic acids is 5. The number of nitrogens with one attached hydrogen (secondary N) is 2. The Kier molecular flexibility index (Phi) is 6.71. The number of urea groups is 1. The molecule has 1 aliphatic rings. The van der Waals surface area contributed by atoms with Gasteiger partial charge in [-0.25, -0.2) is 14.4 Å². The first kappa shape index (κ1) is 18.1. The molecular weight excluding hydrogens is 312 g/mol. The minimum absolute atomic E-state index is 0.354. The molecule has 0 aliphatic carbocycles. The fraction of sp³-hybridized carbons (Fsp3) is 0.462. The van der Waals surface area contributed by atoms with E-state index in [4.69, 9.17) is 0 Å². The second-order valence-corrected chi connectivity index (χ2v) is 4.68. The van der Waals surface area contributed by atoms with Crippen LogP contribution in [0.2, 0.25) is 0 Å². The lowest BCUT2D eigenvalue weighted by Gasteiger charge is -2.07. The van der Waals surface area contributed by atoms with Crippen molar-refractivity contribution in [2.45, 2.75) is 19.9 Å². The van der Waals surface area contributed by atoms with Gasteiger partial charge in [0.15, 0.2) is 0 Å². The number of hydrogen-bond acceptors (Lipinski definition) is 8. The summed E-state index contributed by atoms with van der Waals surface area (Å²) < 4.78 is 13.8. The molecule has 126 valence electrons. The van der Waals surface area contributed by atoms with Crippen molar-refractivity contribution in [2.75, 3.05) is 13.4 Å². The van der Waals surface area contributed by atoms with E-state index < -0.39 is 42.7 Å². The molecule has 10 heteroatoms. The first-order valence-corrected chi connectivity index (χ1v) is 6.59. The Hall–Kier alpha value is -2.91. The predicted molar refractivity (Wildman–Crippen MR) is 72.5 cm³/mol. The SMILES string of the molecule is CC(C)C(=O)OCOC(=O)C=CC(=O)OCC1NC(=O)NC1=O. The van der Waals surface area contributed by atoms with Gasteiger partial charge in [0.25, 0.3) is 5.91 Å². The first-order chi connectivity index (χ1) is 10.8. The van der Waals surface area contributed by atoms with Crippen LogP contribution in [0.3, 0.4) is 0 Å². The van der Waals surface area contributed by atoms with Crippen LogP contribution < -0.4 is 10.6 Å². The summed E-state index contributed by atoms with van der Waals surface area (Å²) >= 11 is 0. The van der Waals surface area contributed by atoms with Crippen LogP contribution in [-0.4, -0.2) is 49.3 Å². The largest absolute Gasteiger partial charge is 0.460 e. The smallest absolute Gasteiger partial charge is 0.333 e. The van der Waals surface area contributed by atoms with Gasteiger partial charge in [0.2, 0.25) is 6.79 Å². The van der Waals surface area contributed by atoms with Gasteiger partial charge < -0.3 is 19.5 Å². The number of esters is 3. The van der Waals surface area contributed by atoms with Crippen LogP contribution in [0.1, 0.15) is 13.8 Å². The molecule has 0 aromatic heterocycles. The zero-order valence-corrected chi connectivity index (χ0v) is 12.5. The fourth-order valence-electron chi connectivity index (χ4n) is 1.29. The van der Waals surface area contributed by atoms with E-state index in [-0.39, 0.29) is 12.5 Å². The summed E-state index contributed by atoms with van der Waals surface area (Å²) in [5.41, 5.74) is 0. The van der Waals surface area contributed by atoms with Crippen molar-refractivity contribution in [1.82, 2.24) is 10.6 Å². The molecule has 0 radical (unpaired) electrons. The van der Waals surface area contributed by atoms with Crippen molar-refractivity contribution < 1.29 is 38.2 Å². The Labute approximate surface area is 131 Å². The summed E-state index contributed by atoms with van der Waals surface area (Å²) in [5, 5.41) is 4.20. The van der Waals surface area contributed by atoms with E-state index >= 15 is 0 Å². The predicted octanol–water partition coefficient (Wildman–Crippen LogP) is -1.01. The minimum Gasteiger partial charge on any atom is -0.460 e. The third-order valence-corrected chi connectivity index (χ3v) is 2.48. The Morgan fingerprint density at radius 3 is 2.22 bits per heavy atom. The zero-order valence-electron chi connectivity index (χ0n) is 12.5. The van der Waals surface area contributed by atoms with E-state index in [2.05, 4.69) is 19.5 Å². The van der Waals surface area contributed by atoms with Crippen molar-refractivity contribution in [3.8, 4) is 0 Å². The van der Waals surface area contributed by atoms with Crippen molar-refractivity contribution in [2.24, 2.45) is 5.92 Å². The number of ether oxygens (including phenoxy) is 3. The molecule has 1 atom stereocenters. The highest BCUT2D eigenvalue weighted by molar-refractivity contribution is 6.04. The summed E-state index contributed by atoms with van der Waals surface area (Å²) in [7, 11) is 0. The lowest BCUT2D eigenvalue weighted by molar-refractivity contribution is -0.166. The summed E-state index contributed by atoms with van der Waals surface area (Å²) in [4.78, 5) is 55.6. The Morgan fingerprint density at radius 2 is 1.70 bits per heavy atom. The van der Waals surface area contributed by atoms with Crippen LogP contribution in [0, 0.1) is 5.92 Å². The molecule has 1 heterocycles. The van der Waals surface area contributed by atoms with E-state index in [0.717, 1.165) is 12.2 Å². The quantitative estimate of drug-likeness (QED) is 0.262. The highest BCUT2D eigenvalue weighted by Crippen LogP contribution is 1.97. The number of imide groups is 1. The fourth-order valence-corrected chi connectivity index (χ4v) is 1.29. The maximum atomic E-state index is 11.3. The lowest BCUT2D eigenvalue weighted by atomic mass is 10.2. The summed E-state index contributed by atoms with van der Waals surface area (Å²) in [6.45, 7) is 2.30. The number of rotatable bonds is 7. The number of amides is 3. The normalized spacial score (nSPS) is 16.9. The molecule has 23 heavy (non-hydrogen) atoms. The van der Waals surface area contributed by atoms with E-state index in [0.29, 0.717) is 0 Å². The first-order valence-electron chi connectivity index (χ1n) is 6.59. The van der Waals surface area contributed by atoms with Crippen LogP contribution in [0.15, 0.2) is 12.2 Å². The average molecular weight is 328 g/mol. The molecular formula is C13H16N2O8. The Morgan fingerprint density at radius 1 is 1.09 bits per heavy atom. The van der Waals surface area contributed by atoms with E-state index in [1.165, 1.54) is 0 Å². The molecule has 0 aromatic carbocycles. The van der Waals surface area contributed by atoms with Gasteiger partial charge in [-0.3, -0.25) is 14.9 Å². The van der Waals surface area contributed by atoms with Gasteiger partial charge in [-0.15, -0.1) is 0 Å². The van der Waals surface area contributed by atoms with Gasteiger partial charge in [-0.05, 0) is 0 Å². The van der Waals surface area contributed by atoms with E-state index in [9.17, 15) is 24.0 Å². The van der Waals surface area contributed by atoms with Gasteiger partial charge in [-0.2, -0.15) is 0 Å². The molecule has 10 nitrogen and oxygen atoms in total. The Balaban J connectivity index is 2.24. The van der Waals surface area contributed by atoms with Crippen LogP contribution in [-0.2, 0) is 33.4 Å². The molecule has 0 bridgehead atoms. The molecule has 0 saturated carbocycles. The monoisotopic (exact) mass is 328 g/mol. The van der Waals surface area contributed by atoms with Crippen molar-refractivity contribution in [3.63, 3.8) is 0 Å². The van der Waals surface area contributed by atoms with Crippen LogP contribution in [0.5, 0.6) is 0 Å². The maximum Gasteiger partial charge on any atom is 0.333 e. The topological polar surface area (TPSA) is 137 Å². The molecule has 3 amide bonds. The van der Waals surface area contributed by atoms with Crippen LogP contribution >= 0.6 is 0 Å². The van der Waals surface area contributed by atoms with Crippen molar-refractivity contribution >= 4 is 29.8 Å². The van der Waals surface area contributed by atoms with E-state index in [1.54, 1.807) is 13.8 Å². The number of hydrogen-bond donors (Lipinski definition) is 2. The minimum atomic E-state index is -0.970. The average Bonchev–Trinajstić information content (AvgIpc) is 2.80. The molecule has 1 saturated heterocycles. The molecule has 1 rings (SSSR count). The van der Waals surface area contributed by atoms with Crippen LogP contribution in [0.25, 0.3) is 0 Å². The Bertz CT molecular complexity index is 540. The van der Waals surface area contributed by atoms with E-state index in [1.807, 2.05) is 5.32 Å². The molecule has 0 aromatic rings. The third-order valence-electron chi connectivity index (χ3n) is 2.48. The molecule has 1 fully saturated rings. The lowest BCUT2D eigenvalue weighted by Crippen LogP contribution is -2.34. The van der Waals surface area contributed by atoms with Gasteiger partial charge in [-0.1, -0.05) is 13.8 Å². The van der Waals surface area contributed by atoms with Gasteiger partial charge in [0, 0.05) is 12.2 Å². The molecule has 2 N–H and O–H groups in total. The molecule has 0 spiro atoms.